The van der Waals surface area contributed by atoms with Crippen LogP contribution in [-0.4, -0.2) is 10.1 Å². The van der Waals surface area contributed by atoms with E-state index in [0.717, 1.165) is 0 Å². The van der Waals surface area contributed by atoms with Crippen LogP contribution in [0.5, 0.6) is 0 Å². The zero-order valence-corrected chi connectivity index (χ0v) is 8.76. The Labute approximate surface area is 88.1 Å². The van der Waals surface area contributed by atoms with E-state index in [1.807, 2.05) is 0 Å². The van der Waals surface area contributed by atoms with Crippen LogP contribution in [0.4, 0.5) is 8.78 Å². The van der Waals surface area contributed by atoms with Gasteiger partial charge >= 0.3 is 0 Å². The third kappa shape index (κ3) is 2.08. The molecule has 1 aromatic rings. The van der Waals surface area contributed by atoms with Gasteiger partial charge in [0.2, 0.25) is 0 Å². The summed E-state index contributed by atoms with van der Waals surface area (Å²) in [7, 11) is 0. The maximum atomic E-state index is 12.6. The van der Waals surface area contributed by atoms with Gasteiger partial charge in [0.25, 0.3) is 6.43 Å². The van der Waals surface area contributed by atoms with Gasteiger partial charge in [-0.2, -0.15) is 0 Å². The smallest absolute Gasteiger partial charge is 0.266 e. The monoisotopic (exact) mass is 266 g/mol. The first kappa shape index (κ1) is 11.5. The number of pyridine rings is 1. The van der Waals surface area contributed by atoms with E-state index >= 15 is 0 Å². The lowest BCUT2D eigenvalue weighted by Crippen LogP contribution is -2.07. The summed E-state index contributed by atoms with van der Waals surface area (Å²) in [6.45, 7) is -0.386. The highest BCUT2D eigenvalue weighted by Crippen LogP contribution is 2.30. The second kappa shape index (κ2) is 4.77. The highest BCUT2D eigenvalue weighted by Gasteiger charge is 2.19. The molecule has 0 saturated carbocycles. The fourth-order valence-corrected chi connectivity index (χ4v) is 1.68. The molecular formula is C8H9BrF2N2O. The molecule has 14 heavy (non-hydrogen) atoms. The van der Waals surface area contributed by atoms with E-state index in [0.29, 0.717) is 5.56 Å². The molecule has 0 saturated heterocycles. The molecule has 0 fully saturated rings. The molecule has 0 aliphatic heterocycles. The third-order valence-corrected chi connectivity index (χ3v) is 2.50. The van der Waals surface area contributed by atoms with Crippen LogP contribution in [-0.2, 0) is 13.2 Å². The predicted octanol–water partition coefficient (Wildman–Crippen LogP) is 1.73. The van der Waals surface area contributed by atoms with E-state index in [1.54, 1.807) is 0 Å². The van der Waals surface area contributed by atoms with E-state index in [2.05, 4.69) is 20.9 Å². The Hall–Kier alpha value is -0.590. The molecule has 0 aromatic carbocycles. The molecule has 0 radical (unpaired) electrons. The number of aliphatic hydroxyl groups is 1. The van der Waals surface area contributed by atoms with Crippen LogP contribution in [0, 0.1) is 0 Å². The van der Waals surface area contributed by atoms with Gasteiger partial charge in [0, 0.05) is 12.7 Å². The number of aromatic nitrogens is 1. The van der Waals surface area contributed by atoms with Crippen LogP contribution in [0.3, 0.4) is 0 Å². The summed E-state index contributed by atoms with van der Waals surface area (Å²) >= 11 is 2.91. The first-order valence-electron chi connectivity index (χ1n) is 3.87. The average Bonchev–Trinajstić information content (AvgIpc) is 2.16. The van der Waals surface area contributed by atoms with Crippen LogP contribution in [0.25, 0.3) is 0 Å². The lowest BCUT2D eigenvalue weighted by atomic mass is 10.1. The second-order valence-electron chi connectivity index (χ2n) is 2.63. The van der Waals surface area contributed by atoms with Gasteiger partial charge in [-0.05, 0) is 27.1 Å². The lowest BCUT2D eigenvalue weighted by Gasteiger charge is -2.12. The van der Waals surface area contributed by atoms with Gasteiger partial charge in [0.05, 0.1) is 12.2 Å². The number of hydrogen-bond donors (Lipinski definition) is 2. The van der Waals surface area contributed by atoms with Crippen molar-refractivity contribution in [2.24, 2.45) is 5.73 Å². The molecule has 0 bridgehead atoms. The van der Waals surface area contributed by atoms with E-state index in [-0.39, 0.29) is 22.3 Å². The van der Waals surface area contributed by atoms with Crippen molar-refractivity contribution >= 4 is 15.9 Å². The Morgan fingerprint density at radius 2 is 2.21 bits per heavy atom. The molecule has 3 nitrogen and oxygen atoms in total. The Bertz CT molecular complexity index is 333. The first-order valence-corrected chi connectivity index (χ1v) is 4.66. The minimum Gasteiger partial charge on any atom is -0.392 e. The molecule has 0 aliphatic rings. The standard InChI is InChI=1S/C8H9BrF2N2O/c9-7-6(8(10)11)5(3-14)4(1-12)2-13-7/h2,8,14H,1,3,12H2. The molecule has 0 atom stereocenters. The van der Waals surface area contributed by atoms with Crippen LogP contribution >= 0.6 is 15.9 Å². The lowest BCUT2D eigenvalue weighted by molar-refractivity contribution is 0.145. The molecular weight excluding hydrogens is 258 g/mol. The summed E-state index contributed by atoms with van der Waals surface area (Å²) in [5.74, 6) is 0. The predicted molar refractivity (Wildman–Crippen MR) is 50.7 cm³/mol. The fraction of sp³-hybridized carbons (Fsp3) is 0.375. The maximum absolute atomic E-state index is 12.6. The molecule has 0 amide bonds. The Morgan fingerprint density at radius 1 is 1.57 bits per heavy atom. The molecule has 78 valence electrons. The molecule has 0 spiro atoms. The summed E-state index contributed by atoms with van der Waals surface area (Å²) in [6.07, 6.45) is -1.30. The zero-order chi connectivity index (χ0) is 10.7. The minimum absolute atomic E-state index is 0.0498. The highest BCUT2D eigenvalue weighted by molar-refractivity contribution is 9.10. The molecule has 1 rings (SSSR count). The Kier molecular flexibility index (Phi) is 3.91. The number of halogens is 3. The van der Waals surface area contributed by atoms with Gasteiger partial charge in [-0.1, -0.05) is 0 Å². The van der Waals surface area contributed by atoms with Gasteiger partial charge in [-0.3, -0.25) is 0 Å². The summed E-state index contributed by atoms with van der Waals surface area (Å²) in [5, 5.41) is 8.97. The molecule has 0 aliphatic carbocycles. The third-order valence-electron chi connectivity index (χ3n) is 1.86. The van der Waals surface area contributed by atoms with Crippen molar-refractivity contribution in [1.82, 2.24) is 4.98 Å². The number of aliphatic hydroxyl groups excluding tert-OH is 1. The molecule has 3 N–H and O–H groups in total. The number of rotatable bonds is 3. The van der Waals surface area contributed by atoms with E-state index in [9.17, 15) is 8.78 Å². The van der Waals surface area contributed by atoms with Crippen molar-refractivity contribution in [2.45, 2.75) is 19.6 Å². The van der Waals surface area contributed by atoms with Gasteiger partial charge in [0.15, 0.2) is 0 Å². The number of nitrogens with zero attached hydrogens (tertiary/aromatic N) is 1. The normalized spacial score (nSPS) is 11.0. The Balaban J connectivity index is 3.35. The van der Waals surface area contributed by atoms with Crippen molar-refractivity contribution in [3.8, 4) is 0 Å². The number of alkyl halides is 2. The van der Waals surface area contributed by atoms with Gasteiger partial charge in [-0.25, -0.2) is 13.8 Å². The van der Waals surface area contributed by atoms with Crippen molar-refractivity contribution in [2.75, 3.05) is 0 Å². The summed E-state index contributed by atoms with van der Waals surface area (Å²) in [5.41, 5.74) is 5.64. The average molecular weight is 267 g/mol. The van der Waals surface area contributed by atoms with Crippen molar-refractivity contribution in [3.05, 3.63) is 27.5 Å². The summed E-state index contributed by atoms with van der Waals surface area (Å²) in [6, 6.07) is 0. The van der Waals surface area contributed by atoms with Crippen LogP contribution < -0.4 is 5.73 Å². The Morgan fingerprint density at radius 3 is 2.64 bits per heavy atom. The quantitative estimate of drug-likeness (QED) is 0.820. The highest BCUT2D eigenvalue weighted by atomic mass is 79.9. The molecule has 0 unspecified atom stereocenters. The van der Waals surface area contributed by atoms with Gasteiger partial charge in [0.1, 0.15) is 4.60 Å². The van der Waals surface area contributed by atoms with Crippen LogP contribution in [0.15, 0.2) is 10.8 Å². The maximum Gasteiger partial charge on any atom is 0.266 e. The van der Waals surface area contributed by atoms with Crippen molar-refractivity contribution in [1.29, 1.82) is 0 Å². The summed E-state index contributed by atoms with van der Waals surface area (Å²) < 4.78 is 25.2. The van der Waals surface area contributed by atoms with E-state index in [1.165, 1.54) is 6.20 Å². The van der Waals surface area contributed by atoms with E-state index in [4.69, 9.17) is 10.8 Å². The van der Waals surface area contributed by atoms with E-state index < -0.39 is 13.0 Å². The zero-order valence-electron chi connectivity index (χ0n) is 7.17. The first-order chi connectivity index (χ1) is 6.61. The molecule has 1 aromatic heterocycles. The molecule has 1 heterocycles. The topological polar surface area (TPSA) is 59.1 Å². The van der Waals surface area contributed by atoms with Gasteiger partial charge < -0.3 is 10.8 Å². The largest absolute Gasteiger partial charge is 0.392 e. The number of nitrogens with two attached hydrogens (primary N) is 1. The second-order valence-corrected chi connectivity index (χ2v) is 3.38. The van der Waals surface area contributed by atoms with Crippen molar-refractivity contribution in [3.63, 3.8) is 0 Å². The minimum atomic E-state index is -2.68. The summed E-state index contributed by atoms with van der Waals surface area (Å²) in [4.78, 5) is 3.73. The fourth-order valence-electron chi connectivity index (χ4n) is 1.16. The number of hydrogen-bond acceptors (Lipinski definition) is 3. The van der Waals surface area contributed by atoms with Gasteiger partial charge in [-0.15, -0.1) is 0 Å². The van der Waals surface area contributed by atoms with Crippen molar-refractivity contribution < 1.29 is 13.9 Å². The van der Waals surface area contributed by atoms with Crippen LogP contribution in [0.1, 0.15) is 23.1 Å². The molecule has 6 heteroatoms. The SMILES string of the molecule is NCc1cnc(Br)c(C(F)F)c1CO. The van der Waals surface area contributed by atoms with Crippen LogP contribution in [0.2, 0.25) is 0 Å².